The van der Waals surface area contributed by atoms with E-state index in [1.807, 2.05) is 54.6 Å². The van der Waals surface area contributed by atoms with Crippen LogP contribution >= 0.6 is 11.6 Å². The molecule has 0 radical (unpaired) electrons. The van der Waals surface area contributed by atoms with Gasteiger partial charge in [0, 0.05) is 36.9 Å². The molecule has 1 fully saturated rings. The highest BCUT2D eigenvalue weighted by molar-refractivity contribution is 6.30. The molecule has 0 aromatic heterocycles. The molecule has 9 heteroatoms. The SMILES string of the molecule is COc1ccc([C@@H](C(=O)N2CCN(c3ccc(Cl)cc3)CC2)[C@H](COCc2ccccc2)C(=O)NO)cc1. The molecule has 1 saturated heterocycles. The molecule has 1 heterocycles. The van der Waals surface area contributed by atoms with E-state index in [1.165, 1.54) is 0 Å². The van der Waals surface area contributed by atoms with Crippen molar-refractivity contribution in [1.82, 2.24) is 10.4 Å². The summed E-state index contributed by atoms with van der Waals surface area (Å²) in [6, 6.07) is 24.3. The monoisotopic (exact) mass is 537 g/mol. The minimum atomic E-state index is -0.945. The maximum atomic E-state index is 14.0. The standard InChI is InChI=1S/C29H32ClN3O5/c1-37-25-13-7-22(8-14-25)27(26(28(34)31-36)20-38-19-21-5-3-2-4-6-21)29(35)33-17-15-32(16-18-33)24-11-9-23(30)10-12-24/h2-14,26-27,36H,15-20H2,1H3,(H,31,34)/t26-,27+/m0/s1. The third kappa shape index (κ3) is 6.83. The van der Waals surface area contributed by atoms with E-state index in [0.29, 0.717) is 42.5 Å². The summed E-state index contributed by atoms with van der Waals surface area (Å²) in [5.41, 5.74) is 4.38. The fourth-order valence-corrected chi connectivity index (χ4v) is 4.80. The molecule has 200 valence electrons. The van der Waals surface area contributed by atoms with Crippen LogP contribution in [0.5, 0.6) is 5.75 Å². The van der Waals surface area contributed by atoms with Crippen LogP contribution in [0.25, 0.3) is 0 Å². The van der Waals surface area contributed by atoms with E-state index in [9.17, 15) is 14.8 Å². The van der Waals surface area contributed by atoms with E-state index >= 15 is 0 Å². The zero-order valence-electron chi connectivity index (χ0n) is 21.3. The first-order chi connectivity index (χ1) is 18.5. The highest BCUT2D eigenvalue weighted by atomic mass is 35.5. The van der Waals surface area contributed by atoms with Gasteiger partial charge in [0.15, 0.2) is 0 Å². The third-order valence-corrected chi connectivity index (χ3v) is 7.03. The van der Waals surface area contributed by atoms with Crippen molar-refractivity contribution in [1.29, 1.82) is 0 Å². The molecule has 4 rings (SSSR count). The van der Waals surface area contributed by atoms with Gasteiger partial charge in [-0.3, -0.25) is 14.8 Å². The lowest BCUT2D eigenvalue weighted by molar-refractivity contribution is -0.144. The molecular weight excluding hydrogens is 506 g/mol. The summed E-state index contributed by atoms with van der Waals surface area (Å²) < 4.78 is 11.2. The average molecular weight is 538 g/mol. The molecule has 3 aromatic carbocycles. The first kappa shape index (κ1) is 27.4. The Hall–Kier alpha value is -3.59. The van der Waals surface area contributed by atoms with Gasteiger partial charge in [-0.15, -0.1) is 0 Å². The van der Waals surface area contributed by atoms with Crippen LogP contribution in [0.1, 0.15) is 17.0 Å². The van der Waals surface area contributed by atoms with Gasteiger partial charge in [-0.05, 0) is 47.5 Å². The van der Waals surface area contributed by atoms with Gasteiger partial charge < -0.3 is 19.3 Å². The quantitative estimate of drug-likeness (QED) is 0.299. The molecule has 3 aromatic rings. The molecule has 0 aliphatic carbocycles. The number of hydrogen-bond donors (Lipinski definition) is 2. The fourth-order valence-electron chi connectivity index (χ4n) is 4.68. The van der Waals surface area contributed by atoms with Gasteiger partial charge in [0.05, 0.1) is 32.2 Å². The molecule has 2 N–H and O–H groups in total. The number of carbonyl (C=O) groups is 2. The summed E-state index contributed by atoms with van der Waals surface area (Å²) in [7, 11) is 1.57. The van der Waals surface area contributed by atoms with Crippen molar-refractivity contribution in [2.24, 2.45) is 5.92 Å². The largest absolute Gasteiger partial charge is 0.497 e. The highest BCUT2D eigenvalue weighted by Crippen LogP contribution is 2.31. The van der Waals surface area contributed by atoms with E-state index in [-0.39, 0.29) is 19.1 Å². The number of rotatable bonds is 10. The normalized spacial score (nSPS) is 15.0. The van der Waals surface area contributed by atoms with E-state index < -0.39 is 17.7 Å². The van der Waals surface area contributed by atoms with Crippen molar-refractivity contribution in [2.45, 2.75) is 12.5 Å². The lowest BCUT2D eigenvalue weighted by Gasteiger charge is -2.38. The Balaban J connectivity index is 1.53. The molecule has 0 unspecified atom stereocenters. The number of hydrogen-bond acceptors (Lipinski definition) is 6. The number of hydroxylamine groups is 1. The van der Waals surface area contributed by atoms with Gasteiger partial charge in [0.1, 0.15) is 5.75 Å². The van der Waals surface area contributed by atoms with E-state index in [1.54, 1.807) is 41.8 Å². The van der Waals surface area contributed by atoms with E-state index in [4.69, 9.17) is 21.1 Å². The van der Waals surface area contributed by atoms with Crippen molar-refractivity contribution in [3.63, 3.8) is 0 Å². The Labute approximate surface area is 227 Å². The Bertz CT molecular complexity index is 1180. The van der Waals surface area contributed by atoms with Crippen LogP contribution < -0.4 is 15.1 Å². The van der Waals surface area contributed by atoms with Crippen molar-refractivity contribution < 1.29 is 24.3 Å². The molecular formula is C29H32ClN3O5. The topological polar surface area (TPSA) is 91.3 Å². The fraction of sp³-hybridized carbons (Fsp3) is 0.310. The molecule has 0 bridgehead atoms. The number of benzene rings is 3. The number of anilines is 1. The van der Waals surface area contributed by atoms with E-state index in [2.05, 4.69) is 4.90 Å². The van der Waals surface area contributed by atoms with E-state index in [0.717, 1.165) is 11.3 Å². The number of ether oxygens (including phenoxy) is 2. The number of amides is 2. The number of piperazine rings is 1. The lowest BCUT2D eigenvalue weighted by atomic mass is 9.84. The zero-order chi connectivity index (χ0) is 26.9. The van der Waals surface area contributed by atoms with Crippen LogP contribution in [-0.4, -0.2) is 61.8 Å². The molecule has 2 amide bonds. The van der Waals surface area contributed by atoms with Crippen LogP contribution in [0.15, 0.2) is 78.9 Å². The van der Waals surface area contributed by atoms with Crippen molar-refractivity contribution >= 4 is 29.1 Å². The van der Waals surface area contributed by atoms with Gasteiger partial charge in [-0.2, -0.15) is 0 Å². The molecule has 0 saturated carbocycles. The van der Waals surface area contributed by atoms with Gasteiger partial charge in [-0.25, -0.2) is 5.48 Å². The number of carbonyl (C=O) groups excluding carboxylic acids is 2. The van der Waals surface area contributed by atoms with Gasteiger partial charge in [0.2, 0.25) is 11.8 Å². The number of methoxy groups -OCH3 is 1. The summed E-state index contributed by atoms with van der Waals surface area (Å²) in [6.45, 7) is 2.50. The first-order valence-corrected chi connectivity index (χ1v) is 12.9. The smallest absolute Gasteiger partial charge is 0.249 e. The maximum absolute atomic E-state index is 14.0. The summed E-state index contributed by atoms with van der Waals surface area (Å²) in [4.78, 5) is 30.8. The van der Waals surface area contributed by atoms with Crippen molar-refractivity contribution in [3.8, 4) is 5.75 Å². The first-order valence-electron chi connectivity index (χ1n) is 12.5. The summed E-state index contributed by atoms with van der Waals surface area (Å²) in [5.74, 6) is -2.03. The van der Waals surface area contributed by atoms with Crippen LogP contribution in [0.2, 0.25) is 5.02 Å². The molecule has 1 aliphatic heterocycles. The Kier molecular flexibility index (Phi) is 9.59. The van der Waals surface area contributed by atoms with Crippen molar-refractivity contribution in [2.75, 3.05) is 44.8 Å². The van der Waals surface area contributed by atoms with Gasteiger partial charge >= 0.3 is 0 Å². The van der Waals surface area contributed by atoms with Crippen molar-refractivity contribution in [3.05, 3.63) is 95.0 Å². The highest BCUT2D eigenvalue weighted by Gasteiger charge is 2.38. The molecule has 0 spiro atoms. The minimum absolute atomic E-state index is 0.0472. The van der Waals surface area contributed by atoms with Gasteiger partial charge in [-0.1, -0.05) is 54.1 Å². The van der Waals surface area contributed by atoms with Gasteiger partial charge in [0.25, 0.3) is 0 Å². The van der Waals surface area contributed by atoms with Crippen LogP contribution in [0.4, 0.5) is 5.69 Å². The van der Waals surface area contributed by atoms with Crippen LogP contribution in [0.3, 0.4) is 0 Å². The second-order valence-corrected chi connectivity index (χ2v) is 9.56. The molecule has 38 heavy (non-hydrogen) atoms. The second kappa shape index (κ2) is 13.3. The van der Waals surface area contributed by atoms with Crippen LogP contribution in [-0.2, 0) is 20.9 Å². The zero-order valence-corrected chi connectivity index (χ0v) is 22.0. The Morgan fingerprint density at radius 3 is 2.21 bits per heavy atom. The predicted octanol–water partition coefficient (Wildman–Crippen LogP) is 4.12. The average Bonchev–Trinajstić information content (AvgIpc) is 2.97. The minimum Gasteiger partial charge on any atom is -0.497 e. The predicted molar refractivity (Wildman–Crippen MR) is 145 cm³/mol. The molecule has 1 aliphatic rings. The summed E-state index contributed by atoms with van der Waals surface area (Å²) in [6.07, 6.45) is 0. The number of nitrogens with zero attached hydrogens (tertiary/aromatic N) is 2. The number of nitrogens with one attached hydrogen (secondary N) is 1. The summed E-state index contributed by atoms with van der Waals surface area (Å²) >= 11 is 6.03. The van der Waals surface area contributed by atoms with Crippen LogP contribution in [0, 0.1) is 5.92 Å². The second-order valence-electron chi connectivity index (χ2n) is 9.12. The lowest BCUT2D eigenvalue weighted by Crippen LogP contribution is -2.52. The third-order valence-electron chi connectivity index (χ3n) is 6.78. The maximum Gasteiger partial charge on any atom is 0.249 e. The Morgan fingerprint density at radius 2 is 1.61 bits per heavy atom. The number of halogens is 1. The molecule has 8 nitrogen and oxygen atoms in total. The Morgan fingerprint density at radius 1 is 0.947 bits per heavy atom. The summed E-state index contributed by atoms with van der Waals surface area (Å²) in [5, 5.41) is 10.2. The molecule has 2 atom stereocenters.